The minimum Gasteiger partial charge on any atom is -0.460 e. The number of halogens is 6. The first kappa shape index (κ1) is 37.9. The molecule has 3 rings (SSSR count). The number of likely N-dealkylation sites (N-methyl/N-ethyl adjacent to an activating group) is 2. The van der Waals surface area contributed by atoms with Crippen molar-refractivity contribution in [2.24, 2.45) is 0 Å². The van der Waals surface area contributed by atoms with Crippen LogP contribution < -0.4 is 5.32 Å². The molecule has 1 aliphatic heterocycles. The summed E-state index contributed by atoms with van der Waals surface area (Å²) in [5, 5.41) is 2.61. The molecule has 9 nitrogen and oxygen atoms in total. The van der Waals surface area contributed by atoms with Gasteiger partial charge in [0.2, 0.25) is 5.91 Å². The number of pyridine rings is 1. The van der Waals surface area contributed by atoms with Gasteiger partial charge in [0.1, 0.15) is 10.4 Å². The fraction of sp³-hybridized carbons (Fsp3) is 0.433. The zero-order valence-corrected chi connectivity index (χ0v) is 27.5. The second-order valence-electron chi connectivity index (χ2n) is 11.1. The van der Waals surface area contributed by atoms with E-state index in [2.05, 4.69) is 10.3 Å². The van der Waals surface area contributed by atoms with E-state index in [4.69, 9.17) is 17.0 Å². The number of nitrogens with zero attached hydrogens (tertiary/aromatic N) is 4. The van der Waals surface area contributed by atoms with E-state index in [0.717, 1.165) is 11.8 Å². The smallest absolute Gasteiger partial charge is 0.416 e. The van der Waals surface area contributed by atoms with Crippen molar-refractivity contribution in [2.45, 2.75) is 31.3 Å². The summed E-state index contributed by atoms with van der Waals surface area (Å²) in [5.41, 5.74) is -3.44. The molecule has 47 heavy (non-hydrogen) atoms. The van der Waals surface area contributed by atoms with Crippen LogP contribution in [-0.2, 0) is 31.5 Å². The van der Waals surface area contributed by atoms with E-state index < -0.39 is 46.8 Å². The van der Waals surface area contributed by atoms with Crippen molar-refractivity contribution in [2.75, 3.05) is 54.4 Å². The summed E-state index contributed by atoms with van der Waals surface area (Å²) in [7, 11) is 7.45. The van der Waals surface area contributed by atoms with Crippen LogP contribution in [-0.4, -0.2) is 102 Å². The standard InChI is InChI=1S/C30H33F6N5O4S2/c1-39(2)16-22(17-40(3)4)45-26(43)8-10-37-25(42)9-11-41-27(44)24(47-28(41)46)15-21-6-5-7-23(38-21)18-12-19(29(31,32)33)14-20(13-18)30(34,35)36/h5-7,12-15,22H,8-11,16-17H2,1-4H3,(H,37,42)/b24-15-. The number of carbonyl (C=O) groups excluding carboxylic acids is 3. The highest BCUT2D eigenvalue weighted by atomic mass is 32.2. The molecule has 256 valence electrons. The fourth-order valence-electron chi connectivity index (χ4n) is 4.42. The number of nitrogens with one attached hydrogen (secondary N) is 1. The third-order valence-corrected chi connectivity index (χ3v) is 7.83. The molecule has 1 fully saturated rings. The van der Waals surface area contributed by atoms with Crippen LogP contribution >= 0.6 is 24.0 Å². The van der Waals surface area contributed by atoms with Crippen LogP contribution in [0, 0.1) is 0 Å². The Morgan fingerprint density at radius 3 is 2.15 bits per heavy atom. The Kier molecular flexibility index (Phi) is 12.9. The molecule has 2 aromatic rings. The van der Waals surface area contributed by atoms with Gasteiger partial charge in [-0.25, -0.2) is 4.98 Å². The van der Waals surface area contributed by atoms with E-state index in [1.807, 2.05) is 38.0 Å². The minimum atomic E-state index is -5.02. The van der Waals surface area contributed by atoms with E-state index in [1.54, 1.807) is 0 Å². The van der Waals surface area contributed by atoms with E-state index >= 15 is 0 Å². The number of benzene rings is 1. The normalized spacial score (nSPS) is 15.0. The predicted octanol–water partition coefficient (Wildman–Crippen LogP) is 4.92. The highest BCUT2D eigenvalue weighted by Gasteiger charge is 2.37. The van der Waals surface area contributed by atoms with Gasteiger partial charge in [-0.3, -0.25) is 19.3 Å². The van der Waals surface area contributed by atoms with Crippen molar-refractivity contribution in [1.29, 1.82) is 0 Å². The minimum absolute atomic E-state index is 0.0298. The maximum atomic E-state index is 13.3. The Balaban J connectivity index is 1.61. The number of thiocarbonyl (C=S) groups is 1. The van der Waals surface area contributed by atoms with Gasteiger partial charge in [-0.15, -0.1) is 0 Å². The molecule has 17 heteroatoms. The Bertz CT molecular complexity index is 1470. The van der Waals surface area contributed by atoms with Crippen molar-refractivity contribution in [3.8, 4) is 11.3 Å². The van der Waals surface area contributed by atoms with Gasteiger partial charge in [0.15, 0.2) is 0 Å². The summed E-state index contributed by atoms with van der Waals surface area (Å²) in [6.07, 6.45) is -9.24. The molecule has 0 spiro atoms. The average molecular weight is 706 g/mol. The molecule has 2 heterocycles. The first-order valence-electron chi connectivity index (χ1n) is 14.1. The van der Waals surface area contributed by atoms with Gasteiger partial charge in [-0.1, -0.05) is 30.0 Å². The fourth-order valence-corrected chi connectivity index (χ4v) is 5.71. The van der Waals surface area contributed by atoms with Gasteiger partial charge in [0, 0.05) is 38.2 Å². The number of hydrogen-bond acceptors (Lipinski definition) is 9. The largest absolute Gasteiger partial charge is 0.460 e. The Morgan fingerprint density at radius 1 is 1.00 bits per heavy atom. The molecule has 1 aromatic carbocycles. The van der Waals surface area contributed by atoms with Gasteiger partial charge < -0.3 is 19.9 Å². The molecule has 1 N–H and O–H groups in total. The van der Waals surface area contributed by atoms with Gasteiger partial charge in [-0.05, 0) is 64.6 Å². The van der Waals surface area contributed by atoms with Crippen LogP contribution in [0.5, 0.6) is 0 Å². The number of amides is 2. The number of thioether (sulfide) groups is 1. The average Bonchev–Trinajstić information content (AvgIpc) is 3.21. The van der Waals surface area contributed by atoms with E-state index in [9.17, 15) is 40.7 Å². The summed E-state index contributed by atoms with van der Waals surface area (Å²) in [4.78, 5) is 46.9. The molecule has 0 aliphatic carbocycles. The molecule has 0 atom stereocenters. The summed E-state index contributed by atoms with van der Waals surface area (Å²) in [6.45, 7) is 1.04. The number of rotatable bonds is 13. The Morgan fingerprint density at radius 2 is 1.60 bits per heavy atom. The molecule has 0 radical (unpaired) electrons. The molecule has 1 aliphatic rings. The number of hydrogen-bond donors (Lipinski definition) is 1. The van der Waals surface area contributed by atoms with E-state index in [0.29, 0.717) is 25.2 Å². The zero-order valence-electron chi connectivity index (χ0n) is 25.9. The van der Waals surface area contributed by atoms with Gasteiger partial charge >= 0.3 is 18.3 Å². The van der Waals surface area contributed by atoms with E-state index in [1.165, 1.54) is 29.2 Å². The number of alkyl halides is 6. The molecule has 1 aromatic heterocycles. The zero-order chi connectivity index (χ0) is 35.1. The monoisotopic (exact) mass is 705 g/mol. The lowest BCUT2D eigenvalue weighted by Gasteiger charge is -2.24. The lowest BCUT2D eigenvalue weighted by Crippen LogP contribution is -2.39. The third kappa shape index (κ3) is 11.6. The number of ether oxygens (including phenoxy) is 1. The van der Waals surface area contributed by atoms with Crippen LogP contribution in [0.15, 0.2) is 41.3 Å². The topological polar surface area (TPSA) is 95.1 Å². The molecule has 0 bridgehead atoms. The van der Waals surface area contributed by atoms with Crippen molar-refractivity contribution in [1.82, 2.24) is 25.0 Å². The number of aromatic nitrogens is 1. The lowest BCUT2D eigenvalue weighted by molar-refractivity contribution is -0.150. The molecular formula is C30H33F6N5O4S2. The Hall–Kier alpha value is -3.54. The van der Waals surface area contributed by atoms with Crippen LogP contribution in [0.2, 0.25) is 0 Å². The maximum absolute atomic E-state index is 13.3. The highest BCUT2D eigenvalue weighted by Crippen LogP contribution is 2.38. The first-order chi connectivity index (χ1) is 21.8. The summed E-state index contributed by atoms with van der Waals surface area (Å²) in [6, 6.07) is 5.23. The highest BCUT2D eigenvalue weighted by molar-refractivity contribution is 8.26. The van der Waals surface area contributed by atoms with Crippen LogP contribution in [0.3, 0.4) is 0 Å². The van der Waals surface area contributed by atoms with Gasteiger partial charge in [0.05, 0.1) is 33.8 Å². The van der Waals surface area contributed by atoms with Crippen molar-refractivity contribution in [3.05, 3.63) is 58.1 Å². The van der Waals surface area contributed by atoms with Crippen LogP contribution in [0.4, 0.5) is 26.3 Å². The van der Waals surface area contributed by atoms with Crippen molar-refractivity contribution >= 4 is 52.2 Å². The summed E-state index contributed by atoms with van der Waals surface area (Å²) in [5.74, 6) is -1.44. The van der Waals surface area contributed by atoms with Crippen molar-refractivity contribution < 1.29 is 45.5 Å². The predicted molar refractivity (Wildman–Crippen MR) is 169 cm³/mol. The molecular weight excluding hydrogens is 672 g/mol. The SMILES string of the molecule is CN(C)CC(CN(C)C)OC(=O)CCNC(=O)CCN1C(=O)/C(=C/c2cccc(-c3cc(C(F)(F)F)cc(C(F)(F)F)c3)n2)SC1=S. The van der Waals surface area contributed by atoms with Gasteiger partial charge in [-0.2, -0.15) is 26.3 Å². The molecule has 1 saturated heterocycles. The van der Waals surface area contributed by atoms with Crippen LogP contribution in [0.25, 0.3) is 17.3 Å². The van der Waals surface area contributed by atoms with Crippen molar-refractivity contribution in [3.63, 3.8) is 0 Å². The van der Waals surface area contributed by atoms with E-state index in [-0.39, 0.29) is 58.7 Å². The number of carbonyl (C=O) groups is 3. The maximum Gasteiger partial charge on any atom is 0.416 e. The summed E-state index contributed by atoms with van der Waals surface area (Å²) < 4.78 is 85.7. The molecule has 0 unspecified atom stereocenters. The second kappa shape index (κ2) is 16.0. The van der Waals surface area contributed by atoms with Crippen LogP contribution in [0.1, 0.15) is 29.7 Å². The van der Waals surface area contributed by atoms with Gasteiger partial charge in [0.25, 0.3) is 5.91 Å². The molecule has 2 amide bonds. The second-order valence-corrected chi connectivity index (χ2v) is 12.7. The Labute approximate surface area is 277 Å². The third-order valence-electron chi connectivity index (χ3n) is 6.46. The lowest BCUT2D eigenvalue weighted by atomic mass is 10.0. The first-order valence-corrected chi connectivity index (χ1v) is 15.3. The summed E-state index contributed by atoms with van der Waals surface area (Å²) >= 11 is 6.19. The quantitative estimate of drug-likeness (QED) is 0.135. The number of esters is 1. The molecule has 0 saturated carbocycles.